The van der Waals surface area contributed by atoms with E-state index in [0.29, 0.717) is 16.8 Å². The molecule has 0 atom stereocenters. The van der Waals surface area contributed by atoms with Crippen molar-refractivity contribution >= 4 is 21.8 Å². The largest absolute Gasteiger partial charge is 0.494 e. The van der Waals surface area contributed by atoms with Crippen molar-refractivity contribution in [3.63, 3.8) is 0 Å². The van der Waals surface area contributed by atoms with Crippen molar-refractivity contribution in [3.05, 3.63) is 84.7 Å². The Bertz CT molecular complexity index is 1310. The van der Waals surface area contributed by atoms with Gasteiger partial charge in [0.1, 0.15) is 5.82 Å². The summed E-state index contributed by atoms with van der Waals surface area (Å²) >= 11 is 0. The molecule has 4 heteroatoms. The highest BCUT2D eigenvalue weighted by molar-refractivity contribution is 6.01. The lowest BCUT2D eigenvalue weighted by atomic mass is 10.0. The molecule has 0 saturated heterocycles. The van der Waals surface area contributed by atoms with Crippen molar-refractivity contribution < 1.29 is 9.50 Å². The minimum Gasteiger partial charge on any atom is -0.494 e. The molecule has 3 nitrogen and oxygen atoms in total. The topological polar surface area (TPSA) is 48.9 Å². The maximum Gasteiger partial charge on any atom is 0.199 e. The third-order valence-corrected chi connectivity index (χ3v) is 4.82. The highest BCUT2D eigenvalue weighted by Crippen LogP contribution is 2.38. The first-order valence-electron chi connectivity index (χ1n) is 8.66. The van der Waals surface area contributed by atoms with E-state index in [0.717, 1.165) is 27.4 Å². The lowest BCUT2D eigenvalue weighted by Crippen LogP contribution is -1.86. The smallest absolute Gasteiger partial charge is 0.199 e. The molecule has 3 aromatic carbocycles. The average Bonchev–Trinajstić information content (AvgIpc) is 3.03. The molecule has 5 rings (SSSR count). The van der Waals surface area contributed by atoms with Gasteiger partial charge in [0.15, 0.2) is 5.88 Å². The Hall–Kier alpha value is -3.66. The summed E-state index contributed by atoms with van der Waals surface area (Å²) < 4.78 is 14.2. The van der Waals surface area contributed by atoms with E-state index in [4.69, 9.17) is 4.98 Å². The fraction of sp³-hybridized carbons (Fsp3) is 0. The molecule has 0 aliphatic rings. The van der Waals surface area contributed by atoms with Crippen LogP contribution < -0.4 is 0 Å². The van der Waals surface area contributed by atoms with Gasteiger partial charge in [-0.15, -0.1) is 0 Å². The van der Waals surface area contributed by atoms with Crippen molar-refractivity contribution in [1.29, 1.82) is 0 Å². The normalized spacial score (nSPS) is 11.3. The van der Waals surface area contributed by atoms with Crippen LogP contribution in [-0.4, -0.2) is 15.1 Å². The quantitative estimate of drug-likeness (QED) is 0.415. The highest BCUT2D eigenvalue weighted by Gasteiger charge is 2.16. The number of aromatic hydroxyl groups is 1. The molecule has 2 aromatic heterocycles. The molecular formula is C23H15FN2O. The maximum atomic E-state index is 14.2. The third kappa shape index (κ3) is 2.54. The molecule has 2 heterocycles. The van der Waals surface area contributed by atoms with E-state index >= 15 is 0 Å². The van der Waals surface area contributed by atoms with E-state index in [1.807, 2.05) is 60.7 Å². The van der Waals surface area contributed by atoms with Crippen LogP contribution in [0.5, 0.6) is 5.88 Å². The van der Waals surface area contributed by atoms with E-state index in [1.54, 1.807) is 12.1 Å². The summed E-state index contributed by atoms with van der Waals surface area (Å²) in [4.78, 5) is 7.68. The summed E-state index contributed by atoms with van der Waals surface area (Å²) in [6.45, 7) is 0. The molecule has 0 aliphatic heterocycles. The van der Waals surface area contributed by atoms with Gasteiger partial charge in [-0.2, -0.15) is 0 Å². The zero-order chi connectivity index (χ0) is 18.4. The molecule has 0 amide bonds. The molecular weight excluding hydrogens is 339 g/mol. The number of aromatic nitrogens is 2. The van der Waals surface area contributed by atoms with E-state index in [1.165, 1.54) is 6.07 Å². The molecule has 130 valence electrons. The fourth-order valence-electron chi connectivity index (χ4n) is 3.51. The fourth-order valence-corrected chi connectivity index (χ4v) is 3.51. The number of pyridine rings is 1. The molecule has 5 aromatic rings. The van der Waals surface area contributed by atoms with Gasteiger partial charge in [-0.05, 0) is 35.9 Å². The Labute approximate surface area is 154 Å². The van der Waals surface area contributed by atoms with Gasteiger partial charge in [0.2, 0.25) is 0 Å². The van der Waals surface area contributed by atoms with Crippen LogP contribution in [0, 0.1) is 5.82 Å². The van der Waals surface area contributed by atoms with Gasteiger partial charge in [-0.3, -0.25) is 0 Å². The van der Waals surface area contributed by atoms with Crippen LogP contribution in [0.3, 0.4) is 0 Å². The second kappa shape index (κ2) is 5.95. The number of nitrogens with zero attached hydrogens (tertiary/aromatic N) is 1. The number of fused-ring (bicyclic) bond motifs is 2. The maximum absolute atomic E-state index is 14.2. The van der Waals surface area contributed by atoms with Gasteiger partial charge >= 0.3 is 0 Å². The van der Waals surface area contributed by atoms with Crippen LogP contribution >= 0.6 is 0 Å². The lowest BCUT2D eigenvalue weighted by molar-refractivity contribution is 0.460. The Balaban J connectivity index is 1.75. The van der Waals surface area contributed by atoms with Gasteiger partial charge in [0, 0.05) is 21.9 Å². The van der Waals surface area contributed by atoms with Crippen LogP contribution in [0.15, 0.2) is 78.9 Å². The summed E-state index contributed by atoms with van der Waals surface area (Å²) in [5.41, 5.74) is 4.20. The molecule has 0 unspecified atom stereocenters. The third-order valence-electron chi connectivity index (χ3n) is 4.82. The predicted octanol–water partition coefficient (Wildman–Crippen LogP) is 5.89. The van der Waals surface area contributed by atoms with Gasteiger partial charge in [-0.1, -0.05) is 48.5 Å². The first-order chi connectivity index (χ1) is 13.2. The van der Waals surface area contributed by atoms with E-state index in [9.17, 15) is 9.50 Å². The Morgan fingerprint density at radius 2 is 1.67 bits per heavy atom. The first kappa shape index (κ1) is 15.6. The Morgan fingerprint density at radius 3 is 2.56 bits per heavy atom. The van der Waals surface area contributed by atoms with Crippen LogP contribution in [0.1, 0.15) is 0 Å². The standard InChI is InChI=1S/C23H15FN2O/c24-18-7-3-2-6-16(18)15-10-11-20-17(13-15)22(23(27)26-20)21-12-9-14-5-1-4-8-19(14)25-21/h1-13,26-27H. The first-order valence-corrected chi connectivity index (χ1v) is 8.66. The number of para-hydroxylation sites is 1. The van der Waals surface area contributed by atoms with Crippen molar-refractivity contribution in [2.45, 2.75) is 0 Å². The number of benzene rings is 3. The predicted molar refractivity (Wildman–Crippen MR) is 106 cm³/mol. The number of hydrogen-bond donors (Lipinski definition) is 2. The summed E-state index contributed by atoms with van der Waals surface area (Å²) in [5.74, 6) is -0.222. The molecule has 0 radical (unpaired) electrons. The van der Waals surface area contributed by atoms with Crippen molar-refractivity contribution in [2.24, 2.45) is 0 Å². The molecule has 0 aliphatic carbocycles. The van der Waals surface area contributed by atoms with E-state index in [-0.39, 0.29) is 11.7 Å². The summed E-state index contributed by atoms with van der Waals surface area (Å²) in [6.07, 6.45) is 0. The second-order valence-electron chi connectivity index (χ2n) is 6.48. The zero-order valence-corrected chi connectivity index (χ0v) is 14.3. The van der Waals surface area contributed by atoms with Crippen LogP contribution in [0.4, 0.5) is 4.39 Å². The van der Waals surface area contributed by atoms with Gasteiger partial charge in [0.05, 0.1) is 16.8 Å². The Kier molecular flexibility index (Phi) is 3.44. The second-order valence-corrected chi connectivity index (χ2v) is 6.48. The summed E-state index contributed by atoms with van der Waals surface area (Å²) in [7, 11) is 0. The van der Waals surface area contributed by atoms with Crippen LogP contribution in [-0.2, 0) is 0 Å². The van der Waals surface area contributed by atoms with Crippen molar-refractivity contribution in [3.8, 4) is 28.3 Å². The number of rotatable bonds is 2. The van der Waals surface area contributed by atoms with Crippen molar-refractivity contribution in [2.75, 3.05) is 0 Å². The van der Waals surface area contributed by atoms with Gasteiger partial charge in [0.25, 0.3) is 0 Å². The number of hydrogen-bond acceptors (Lipinski definition) is 2. The van der Waals surface area contributed by atoms with Crippen molar-refractivity contribution in [1.82, 2.24) is 9.97 Å². The Morgan fingerprint density at radius 1 is 0.852 bits per heavy atom. The van der Waals surface area contributed by atoms with Crippen LogP contribution in [0.25, 0.3) is 44.2 Å². The molecule has 0 spiro atoms. The molecule has 2 N–H and O–H groups in total. The summed E-state index contributed by atoms with van der Waals surface area (Å²) in [6, 6.07) is 24.0. The van der Waals surface area contributed by atoms with E-state index < -0.39 is 0 Å². The number of H-pyrrole nitrogens is 1. The van der Waals surface area contributed by atoms with Gasteiger partial charge in [-0.25, -0.2) is 9.37 Å². The molecule has 0 bridgehead atoms. The average molecular weight is 354 g/mol. The minimum absolute atomic E-state index is 0.0541. The monoisotopic (exact) mass is 354 g/mol. The molecule has 0 saturated carbocycles. The summed E-state index contributed by atoms with van der Waals surface area (Å²) in [5, 5.41) is 12.3. The zero-order valence-electron chi connectivity index (χ0n) is 14.3. The number of aromatic amines is 1. The highest BCUT2D eigenvalue weighted by atomic mass is 19.1. The lowest BCUT2D eigenvalue weighted by Gasteiger charge is -2.06. The van der Waals surface area contributed by atoms with Crippen LogP contribution in [0.2, 0.25) is 0 Å². The minimum atomic E-state index is -0.276. The SMILES string of the molecule is Oc1[nH]c2ccc(-c3ccccc3F)cc2c1-c1ccc2ccccc2n1. The van der Waals surface area contributed by atoms with E-state index in [2.05, 4.69) is 4.98 Å². The number of halogens is 1. The molecule has 0 fully saturated rings. The molecule has 27 heavy (non-hydrogen) atoms. The van der Waals surface area contributed by atoms with Gasteiger partial charge < -0.3 is 10.1 Å². The number of nitrogens with one attached hydrogen (secondary N) is 1.